The summed E-state index contributed by atoms with van der Waals surface area (Å²) in [7, 11) is 0. The van der Waals surface area contributed by atoms with Crippen LogP contribution in [0.4, 0.5) is 24.5 Å². The monoisotopic (exact) mass is 446 g/mol. The lowest BCUT2D eigenvalue weighted by molar-refractivity contribution is -0.137. The second-order valence-corrected chi connectivity index (χ2v) is 7.23. The van der Waals surface area contributed by atoms with Gasteiger partial charge in [-0.25, -0.2) is 0 Å². The normalized spacial score (nSPS) is 11.6. The van der Waals surface area contributed by atoms with E-state index in [0.717, 1.165) is 18.2 Å². The van der Waals surface area contributed by atoms with Gasteiger partial charge in [-0.1, -0.05) is 11.6 Å². The Hall–Kier alpha value is -3.65. The molecule has 0 aliphatic rings. The molecule has 158 valence electrons. The van der Waals surface area contributed by atoms with E-state index in [1.807, 2.05) is 0 Å². The van der Waals surface area contributed by atoms with E-state index >= 15 is 0 Å². The van der Waals surface area contributed by atoms with Crippen LogP contribution in [0.3, 0.4) is 0 Å². The number of hydrogen-bond acceptors (Lipinski definition) is 4. The Balaban J connectivity index is 2.07. The van der Waals surface area contributed by atoms with E-state index < -0.39 is 17.3 Å². The third-order valence-electron chi connectivity index (χ3n) is 4.71. The Labute approximate surface area is 178 Å². The average Bonchev–Trinajstić information content (AvgIpc) is 2.71. The van der Waals surface area contributed by atoms with E-state index in [9.17, 15) is 28.2 Å². The van der Waals surface area contributed by atoms with Gasteiger partial charge in [0.2, 0.25) is 0 Å². The summed E-state index contributed by atoms with van der Waals surface area (Å²) >= 11 is 6.07. The van der Waals surface area contributed by atoms with Gasteiger partial charge in [0.15, 0.2) is 0 Å². The molecule has 0 saturated heterocycles. The molecule has 0 saturated carbocycles. The van der Waals surface area contributed by atoms with Crippen LogP contribution >= 0.6 is 11.6 Å². The molecule has 0 bridgehead atoms. The van der Waals surface area contributed by atoms with Crippen molar-refractivity contribution in [3.8, 4) is 22.6 Å². The van der Waals surface area contributed by atoms with E-state index in [4.69, 9.17) is 11.6 Å². The maximum atomic E-state index is 13.4. The van der Waals surface area contributed by atoms with Crippen molar-refractivity contribution >= 4 is 33.9 Å². The first-order chi connectivity index (χ1) is 14.6. The number of fused-ring (bicyclic) bond motifs is 1. The zero-order chi connectivity index (χ0) is 22.3. The number of aromatic amines is 1. The summed E-state index contributed by atoms with van der Waals surface area (Å²) in [5.74, 6) is -0.261. The van der Waals surface area contributed by atoms with Gasteiger partial charge in [-0.3, -0.25) is 4.79 Å². The van der Waals surface area contributed by atoms with Crippen LogP contribution in [0, 0.1) is 0 Å². The number of hydrogen-bond donors (Lipinski definition) is 4. The van der Waals surface area contributed by atoms with Gasteiger partial charge in [-0.15, -0.1) is 0 Å². The number of halogens is 4. The predicted octanol–water partition coefficient (Wildman–Crippen LogP) is 6.02. The third kappa shape index (κ3) is 4.02. The van der Waals surface area contributed by atoms with Gasteiger partial charge >= 0.3 is 6.18 Å². The second-order valence-electron chi connectivity index (χ2n) is 6.80. The zero-order valence-corrected chi connectivity index (χ0v) is 16.3. The summed E-state index contributed by atoms with van der Waals surface area (Å²) in [5.41, 5.74) is -0.918. The van der Waals surface area contributed by atoms with Crippen LogP contribution < -0.4 is 10.9 Å². The van der Waals surface area contributed by atoms with Crippen LogP contribution in [0.2, 0.25) is 5.02 Å². The first-order valence-electron chi connectivity index (χ1n) is 8.95. The molecule has 0 aliphatic carbocycles. The fourth-order valence-electron chi connectivity index (χ4n) is 3.27. The molecular weight excluding hydrogens is 433 g/mol. The van der Waals surface area contributed by atoms with Gasteiger partial charge in [0.05, 0.1) is 5.56 Å². The Morgan fingerprint density at radius 2 is 1.65 bits per heavy atom. The number of benzene rings is 3. The lowest BCUT2D eigenvalue weighted by Gasteiger charge is -2.17. The molecule has 4 aromatic rings. The number of aromatic hydroxyl groups is 2. The van der Waals surface area contributed by atoms with Crippen molar-refractivity contribution in [1.29, 1.82) is 0 Å². The van der Waals surface area contributed by atoms with Crippen LogP contribution in [-0.2, 0) is 6.18 Å². The molecule has 0 fully saturated rings. The summed E-state index contributed by atoms with van der Waals surface area (Å²) in [6, 6.07) is 12.8. The van der Waals surface area contributed by atoms with Crippen molar-refractivity contribution in [2.75, 3.05) is 5.32 Å². The number of alkyl halides is 3. The molecule has 5 nitrogen and oxygen atoms in total. The van der Waals surface area contributed by atoms with Crippen molar-refractivity contribution in [3.05, 3.63) is 81.6 Å². The van der Waals surface area contributed by atoms with Gasteiger partial charge in [-0.2, -0.15) is 13.2 Å². The molecule has 0 spiro atoms. The molecule has 1 heterocycles. The molecule has 3 aromatic carbocycles. The Bertz CT molecular complexity index is 1350. The highest BCUT2D eigenvalue weighted by Crippen LogP contribution is 2.41. The van der Waals surface area contributed by atoms with E-state index in [-0.39, 0.29) is 44.2 Å². The molecule has 1 aromatic heterocycles. The van der Waals surface area contributed by atoms with Gasteiger partial charge < -0.3 is 20.5 Å². The highest BCUT2D eigenvalue weighted by atomic mass is 35.5. The average molecular weight is 447 g/mol. The van der Waals surface area contributed by atoms with Crippen LogP contribution in [0.15, 0.2) is 65.5 Å². The van der Waals surface area contributed by atoms with Crippen molar-refractivity contribution in [2.24, 2.45) is 0 Å². The Morgan fingerprint density at radius 1 is 0.935 bits per heavy atom. The lowest BCUT2D eigenvalue weighted by Crippen LogP contribution is -2.14. The molecule has 4 N–H and O–H groups in total. The molecule has 0 amide bonds. The van der Waals surface area contributed by atoms with Gasteiger partial charge in [0.25, 0.3) is 5.56 Å². The van der Waals surface area contributed by atoms with Crippen molar-refractivity contribution < 1.29 is 23.4 Å². The minimum atomic E-state index is -4.61. The number of H-pyrrole nitrogens is 1. The summed E-state index contributed by atoms with van der Waals surface area (Å²) in [6.45, 7) is 0. The molecule has 31 heavy (non-hydrogen) atoms. The number of phenolic OH excluding ortho intramolecular Hbond substituents is 2. The minimum Gasteiger partial charge on any atom is -0.508 e. The third-order valence-corrected chi connectivity index (χ3v) is 4.94. The zero-order valence-electron chi connectivity index (χ0n) is 15.6. The number of aromatic nitrogens is 1. The Morgan fingerprint density at radius 3 is 2.32 bits per heavy atom. The topological polar surface area (TPSA) is 85.4 Å². The SMILES string of the molecule is O=c1[nH]c2ccc(C(F)(F)F)cc2c(-c2cc(Cl)ccc2O)c1Nc1ccc(O)cc1. The second kappa shape index (κ2) is 7.55. The van der Waals surface area contributed by atoms with Crippen LogP contribution in [0.1, 0.15) is 5.56 Å². The molecule has 0 radical (unpaired) electrons. The molecule has 9 heteroatoms. The maximum Gasteiger partial charge on any atom is 0.416 e. The standard InChI is InChI=1S/C22H14ClF3N2O3/c23-12-2-8-18(30)16(10-12)19-15-9-11(22(24,25)26)1-7-17(15)28-21(31)20(19)27-13-3-5-14(29)6-4-13/h1-10,27,29-30H,(H,28,31). The Kier molecular flexibility index (Phi) is 5.02. The molecular formula is C22H14ClF3N2O3. The quantitative estimate of drug-likeness (QED) is 0.290. The van der Waals surface area contributed by atoms with Crippen LogP contribution in [-0.4, -0.2) is 15.2 Å². The molecule has 0 aliphatic heterocycles. The fourth-order valence-corrected chi connectivity index (χ4v) is 3.44. The maximum absolute atomic E-state index is 13.4. The summed E-state index contributed by atoms with van der Waals surface area (Å²) < 4.78 is 40.1. The van der Waals surface area contributed by atoms with E-state index in [1.54, 1.807) is 0 Å². The molecule has 0 unspecified atom stereocenters. The fraction of sp³-hybridized carbons (Fsp3) is 0.0455. The van der Waals surface area contributed by atoms with Gasteiger partial charge in [0, 0.05) is 32.7 Å². The molecule has 4 rings (SSSR count). The summed E-state index contributed by atoms with van der Waals surface area (Å²) in [4.78, 5) is 15.4. The van der Waals surface area contributed by atoms with Crippen LogP contribution in [0.5, 0.6) is 11.5 Å². The first kappa shape index (κ1) is 20.6. The summed E-state index contributed by atoms with van der Waals surface area (Å²) in [5, 5.41) is 23.1. The highest BCUT2D eigenvalue weighted by molar-refractivity contribution is 6.31. The largest absolute Gasteiger partial charge is 0.508 e. The number of rotatable bonds is 3. The first-order valence-corrected chi connectivity index (χ1v) is 9.33. The van der Waals surface area contributed by atoms with E-state index in [1.165, 1.54) is 42.5 Å². The van der Waals surface area contributed by atoms with Crippen LogP contribution in [0.25, 0.3) is 22.0 Å². The van der Waals surface area contributed by atoms with E-state index in [2.05, 4.69) is 10.3 Å². The van der Waals surface area contributed by atoms with Gasteiger partial charge in [-0.05, 0) is 60.7 Å². The number of nitrogens with one attached hydrogen (secondary N) is 2. The minimum absolute atomic E-state index is 0.000462. The lowest BCUT2D eigenvalue weighted by atomic mass is 9.96. The van der Waals surface area contributed by atoms with Crippen molar-refractivity contribution in [2.45, 2.75) is 6.18 Å². The number of anilines is 2. The highest BCUT2D eigenvalue weighted by Gasteiger charge is 2.31. The summed E-state index contributed by atoms with van der Waals surface area (Å²) in [6.07, 6.45) is -4.61. The van der Waals surface area contributed by atoms with Gasteiger partial charge in [0.1, 0.15) is 17.2 Å². The van der Waals surface area contributed by atoms with E-state index in [0.29, 0.717) is 5.69 Å². The van der Waals surface area contributed by atoms with Crippen molar-refractivity contribution in [3.63, 3.8) is 0 Å². The number of pyridine rings is 1. The number of phenols is 2. The van der Waals surface area contributed by atoms with Crippen molar-refractivity contribution in [1.82, 2.24) is 4.98 Å². The smallest absolute Gasteiger partial charge is 0.416 e. The molecule has 0 atom stereocenters. The predicted molar refractivity (Wildman–Crippen MR) is 113 cm³/mol.